The number of nitrogens with zero attached hydrogens (tertiary/aromatic N) is 7. The van der Waals surface area contributed by atoms with Crippen molar-refractivity contribution in [3.63, 3.8) is 0 Å². The van der Waals surface area contributed by atoms with Gasteiger partial charge in [-0.3, -0.25) is 14.2 Å². The summed E-state index contributed by atoms with van der Waals surface area (Å²) in [4.78, 5) is 45.5. The minimum absolute atomic E-state index is 0.124. The number of para-hydroxylation sites is 1. The summed E-state index contributed by atoms with van der Waals surface area (Å²) >= 11 is 0. The Morgan fingerprint density at radius 3 is 2.32 bits per heavy atom. The Kier molecular flexibility index (Phi) is 5.48. The van der Waals surface area contributed by atoms with Gasteiger partial charge < -0.3 is 15.1 Å². The molecular weight excluding hydrogens is 360 g/mol. The van der Waals surface area contributed by atoms with Gasteiger partial charge in [-0.2, -0.15) is 15.0 Å². The lowest BCUT2D eigenvalue weighted by Crippen LogP contribution is -2.33. The zero-order valence-corrected chi connectivity index (χ0v) is 16.2. The second-order valence-corrected chi connectivity index (χ2v) is 6.61. The van der Waals surface area contributed by atoms with E-state index in [1.54, 1.807) is 28.0 Å². The van der Waals surface area contributed by atoms with Crippen molar-refractivity contribution in [1.82, 2.24) is 29.8 Å². The molecule has 146 valence electrons. The number of carbonyl (C=O) groups is 1. The molecule has 10 nitrogen and oxygen atoms in total. The number of benzene rings is 1. The highest BCUT2D eigenvalue weighted by Gasteiger charge is 2.12. The van der Waals surface area contributed by atoms with Crippen molar-refractivity contribution < 1.29 is 4.79 Å². The van der Waals surface area contributed by atoms with Crippen molar-refractivity contribution in [2.45, 2.75) is 13.1 Å². The minimum atomic E-state index is -0.336. The number of hydrogen-bond donors (Lipinski definition) is 1. The number of nitrogens with one attached hydrogen (secondary N) is 1. The molecule has 0 radical (unpaired) electrons. The Balaban J connectivity index is 1.73. The van der Waals surface area contributed by atoms with Crippen molar-refractivity contribution in [1.29, 1.82) is 0 Å². The average molecular weight is 382 g/mol. The minimum Gasteiger partial charge on any atom is -0.347 e. The fourth-order valence-corrected chi connectivity index (χ4v) is 2.48. The molecule has 1 amide bonds. The smallest absolute Gasteiger partial charge is 0.261 e. The molecular formula is C18H22N8O2. The second-order valence-electron chi connectivity index (χ2n) is 6.61. The van der Waals surface area contributed by atoms with Gasteiger partial charge in [-0.1, -0.05) is 12.1 Å². The second kappa shape index (κ2) is 7.99. The molecule has 0 aliphatic rings. The summed E-state index contributed by atoms with van der Waals surface area (Å²) < 4.78 is 1.28. The maximum atomic E-state index is 12.5. The predicted molar refractivity (Wildman–Crippen MR) is 106 cm³/mol. The third kappa shape index (κ3) is 4.22. The fraction of sp³-hybridized carbons (Fsp3) is 0.333. The molecule has 2 aromatic heterocycles. The zero-order chi connectivity index (χ0) is 20.3. The van der Waals surface area contributed by atoms with Crippen LogP contribution in [-0.4, -0.2) is 58.6 Å². The van der Waals surface area contributed by atoms with Crippen LogP contribution >= 0.6 is 0 Å². The highest BCUT2D eigenvalue weighted by molar-refractivity contribution is 5.78. The Bertz CT molecular complexity index is 1030. The molecule has 0 atom stereocenters. The molecule has 0 aliphatic heterocycles. The maximum absolute atomic E-state index is 12.5. The topological polar surface area (TPSA) is 109 Å². The average Bonchev–Trinajstić information content (AvgIpc) is 2.68. The highest BCUT2D eigenvalue weighted by Crippen LogP contribution is 2.10. The molecule has 0 spiro atoms. The molecule has 0 aliphatic carbocycles. The molecule has 0 saturated carbocycles. The molecule has 3 rings (SSSR count). The van der Waals surface area contributed by atoms with Gasteiger partial charge in [-0.05, 0) is 12.1 Å². The summed E-state index contributed by atoms with van der Waals surface area (Å²) in [6.07, 6.45) is 1.38. The SMILES string of the molecule is CN(C)c1nc(CNC(=O)Cn2cnc3ccccc3c2=O)nc(N(C)C)n1. The normalized spacial score (nSPS) is 10.7. The first-order valence-corrected chi connectivity index (χ1v) is 8.65. The summed E-state index contributed by atoms with van der Waals surface area (Å²) in [5, 5.41) is 3.21. The molecule has 28 heavy (non-hydrogen) atoms. The van der Waals surface area contributed by atoms with Crippen LogP contribution in [0.1, 0.15) is 5.82 Å². The molecule has 0 fully saturated rings. The number of amides is 1. The van der Waals surface area contributed by atoms with Gasteiger partial charge in [0, 0.05) is 28.2 Å². The van der Waals surface area contributed by atoms with Crippen LogP contribution in [0.25, 0.3) is 10.9 Å². The van der Waals surface area contributed by atoms with E-state index in [4.69, 9.17) is 0 Å². The lowest BCUT2D eigenvalue weighted by Gasteiger charge is -2.16. The Hall–Kier alpha value is -3.56. The van der Waals surface area contributed by atoms with E-state index >= 15 is 0 Å². The van der Waals surface area contributed by atoms with Crippen LogP contribution in [0.3, 0.4) is 0 Å². The van der Waals surface area contributed by atoms with Gasteiger partial charge in [0.25, 0.3) is 5.56 Å². The van der Waals surface area contributed by atoms with E-state index in [1.807, 2.05) is 34.3 Å². The molecule has 0 saturated heterocycles. The Morgan fingerprint density at radius 1 is 1.04 bits per heavy atom. The largest absolute Gasteiger partial charge is 0.347 e. The van der Waals surface area contributed by atoms with E-state index in [0.717, 1.165) is 0 Å². The molecule has 2 heterocycles. The molecule has 0 bridgehead atoms. The maximum Gasteiger partial charge on any atom is 0.261 e. The predicted octanol–water partition coefficient (Wildman–Crippen LogP) is 0.0299. The summed E-state index contributed by atoms with van der Waals surface area (Å²) in [6.45, 7) is -0.0123. The van der Waals surface area contributed by atoms with Crippen molar-refractivity contribution in [3.05, 3.63) is 46.8 Å². The van der Waals surface area contributed by atoms with Crippen molar-refractivity contribution >= 4 is 28.7 Å². The van der Waals surface area contributed by atoms with Crippen molar-refractivity contribution in [3.8, 4) is 0 Å². The van der Waals surface area contributed by atoms with Crippen LogP contribution in [-0.2, 0) is 17.9 Å². The third-order valence-electron chi connectivity index (χ3n) is 3.95. The van der Waals surface area contributed by atoms with Crippen LogP contribution in [0.5, 0.6) is 0 Å². The van der Waals surface area contributed by atoms with Crippen molar-refractivity contribution in [2.24, 2.45) is 0 Å². The Labute approximate surface area is 161 Å². The van der Waals surface area contributed by atoms with E-state index in [-0.39, 0.29) is 24.6 Å². The van der Waals surface area contributed by atoms with Gasteiger partial charge in [0.2, 0.25) is 17.8 Å². The quantitative estimate of drug-likeness (QED) is 0.636. The summed E-state index contributed by atoms with van der Waals surface area (Å²) in [5.74, 6) is 1.09. The van der Waals surface area contributed by atoms with Gasteiger partial charge in [0.1, 0.15) is 6.54 Å². The number of aromatic nitrogens is 5. The molecule has 10 heteroatoms. The van der Waals surface area contributed by atoms with Gasteiger partial charge in [-0.15, -0.1) is 0 Å². The molecule has 3 aromatic rings. The number of anilines is 2. The summed E-state index contributed by atoms with van der Waals surface area (Å²) in [5.41, 5.74) is 0.340. The van der Waals surface area contributed by atoms with E-state index in [1.165, 1.54) is 10.9 Å². The summed E-state index contributed by atoms with van der Waals surface area (Å²) in [7, 11) is 7.32. The highest BCUT2D eigenvalue weighted by atomic mass is 16.2. The fourth-order valence-electron chi connectivity index (χ4n) is 2.48. The van der Waals surface area contributed by atoms with E-state index in [0.29, 0.717) is 28.6 Å². The first-order valence-electron chi connectivity index (χ1n) is 8.65. The molecule has 1 N–H and O–H groups in total. The van der Waals surface area contributed by atoms with Gasteiger partial charge >= 0.3 is 0 Å². The molecule has 0 unspecified atom stereocenters. The number of rotatable bonds is 6. The van der Waals surface area contributed by atoms with E-state index < -0.39 is 0 Å². The molecule has 1 aromatic carbocycles. The van der Waals surface area contributed by atoms with Gasteiger partial charge in [0.05, 0.1) is 23.8 Å². The standard InChI is InChI=1S/C18H22N8O2/c1-24(2)17-21-14(22-18(23-17)25(3)4)9-19-15(27)10-26-11-20-13-8-6-5-7-12(13)16(26)28/h5-8,11H,9-10H2,1-4H3,(H,19,27). The van der Waals surface area contributed by atoms with Crippen molar-refractivity contribution in [2.75, 3.05) is 38.0 Å². The first-order chi connectivity index (χ1) is 13.3. The van der Waals surface area contributed by atoms with Crippen LogP contribution < -0.4 is 20.7 Å². The van der Waals surface area contributed by atoms with E-state index in [9.17, 15) is 9.59 Å². The lowest BCUT2D eigenvalue weighted by molar-refractivity contribution is -0.121. The van der Waals surface area contributed by atoms with Gasteiger partial charge in [0.15, 0.2) is 5.82 Å². The van der Waals surface area contributed by atoms with Gasteiger partial charge in [-0.25, -0.2) is 4.98 Å². The van der Waals surface area contributed by atoms with Crippen LogP contribution in [0, 0.1) is 0 Å². The number of fused-ring (bicyclic) bond motifs is 1. The van der Waals surface area contributed by atoms with Crippen LogP contribution in [0.2, 0.25) is 0 Å². The first kappa shape index (κ1) is 19.2. The monoisotopic (exact) mass is 382 g/mol. The number of carbonyl (C=O) groups excluding carboxylic acids is 1. The van der Waals surface area contributed by atoms with Crippen LogP contribution in [0.4, 0.5) is 11.9 Å². The zero-order valence-electron chi connectivity index (χ0n) is 16.2. The summed E-state index contributed by atoms with van der Waals surface area (Å²) in [6, 6.07) is 7.02. The van der Waals surface area contributed by atoms with E-state index in [2.05, 4.69) is 25.3 Å². The third-order valence-corrected chi connectivity index (χ3v) is 3.95. The number of hydrogen-bond acceptors (Lipinski definition) is 8. The van der Waals surface area contributed by atoms with Crippen LogP contribution in [0.15, 0.2) is 35.4 Å². The lowest BCUT2D eigenvalue weighted by atomic mass is 10.2. The Morgan fingerprint density at radius 2 is 1.68 bits per heavy atom.